The Hall–Kier alpha value is -4.22. The SMILES string of the molecule is [2H]C([2H])([2H])NC(=O)c1nnc(NC(=O)NC)cc1Nc1cccc2c1N(C)Cc1nc(C)nn1-2. The Kier molecular flexibility index (Phi) is 4.22. The second kappa shape index (κ2) is 7.89. The minimum atomic E-state index is -2.72. The Morgan fingerprint density at radius 3 is 2.81 bits per heavy atom. The number of urea groups is 1. The number of nitrogens with one attached hydrogen (secondary N) is 4. The van der Waals surface area contributed by atoms with E-state index in [-0.39, 0.29) is 17.2 Å². The summed E-state index contributed by atoms with van der Waals surface area (Å²) in [6, 6.07) is 6.35. The van der Waals surface area contributed by atoms with Crippen molar-refractivity contribution in [1.82, 2.24) is 35.6 Å². The molecule has 12 heteroatoms. The number of nitrogens with zero attached hydrogens (tertiary/aromatic N) is 6. The van der Waals surface area contributed by atoms with Crippen molar-refractivity contribution < 1.29 is 13.7 Å². The number of hydrogen-bond donors (Lipinski definition) is 4. The van der Waals surface area contributed by atoms with Gasteiger partial charge in [0.05, 0.1) is 29.3 Å². The summed E-state index contributed by atoms with van der Waals surface area (Å²) in [5.41, 5.74) is 2.03. The van der Waals surface area contributed by atoms with Gasteiger partial charge in [-0.1, -0.05) is 6.07 Å². The number of amides is 3. The number of carbonyl (C=O) groups excluding carboxylic acids is 2. The number of aromatic nitrogens is 5. The van der Waals surface area contributed by atoms with Crippen molar-refractivity contribution in [2.45, 2.75) is 13.5 Å². The Labute approximate surface area is 182 Å². The largest absolute Gasteiger partial charge is 0.364 e. The highest BCUT2D eigenvalue weighted by molar-refractivity contribution is 6.00. The van der Waals surface area contributed by atoms with Gasteiger partial charge in [-0.15, -0.1) is 10.2 Å². The number of rotatable bonds is 4. The van der Waals surface area contributed by atoms with Gasteiger partial charge < -0.3 is 20.9 Å². The molecule has 31 heavy (non-hydrogen) atoms. The zero-order valence-corrected chi connectivity index (χ0v) is 17.0. The van der Waals surface area contributed by atoms with Gasteiger partial charge >= 0.3 is 6.03 Å². The molecule has 0 fully saturated rings. The van der Waals surface area contributed by atoms with E-state index in [2.05, 4.69) is 36.2 Å². The highest BCUT2D eigenvalue weighted by Gasteiger charge is 2.25. The Morgan fingerprint density at radius 2 is 2.03 bits per heavy atom. The number of hydrogen-bond acceptors (Lipinski definition) is 8. The lowest BCUT2D eigenvalue weighted by molar-refractivity contribution is 0.0958. The third-order valence-electron chi connectivity index (χ3n) is 4.64. The molecule has 0 saturated heterocycles. The minimum Gasteiger partial charge on any atom is -0.364 e. The molecule has 3 aromatic rings. The monoisotopic (exact) mass is 425 g/mol. The molecule has 3 amide bonds. The van der Waals surface area contributed by atoms with Crippen molar-refractivity contribution in [3.8, 4) is 5.69 Å². The van der Waals surface area contributed by atoms with E-state index in [4.69, 9.17) is 4.11 Å². The molecule has 1 aromatic carbocycles. The van der Waals surface area contributed by atoms with Crippen LogP contribution in [0.5, 0.6) is 0 Å². The van der Waals surface area contributed by atoms with E-state index in [9.17, 15) is 9.59 Å². The molecule has 0 radical (unpaired) electrons. The van der Waals surface area contributed by atoms with Crippen molar-refractivity contribution in [3.63, 3.8) is 0 Å². The van der Waals surface area contributed by atoms with Gasteiger partial charge in [0.2, 0.25) is 0 Å². The van der Waals surface area contributed by atoms with Crippen molar-refractivity contribution in [2.75, 3.05) is 36.6 Å². The maximum Gasteiger partial charge on any atom is 0.320 e. The molecular formula is C19H22N10O2. The van der Waals surface area contributed by atoms with Crippen LogP contribution in [0.3, 0.4) is 0 Å². The predicted molar refractivity (Wildman–Crippen MR) is 115 cm³/mol. The van der Waals surface area contributed by atoms with E-state index in [1.54, 1.807) is 10.7 Å². The van der Waals surface area contributed by atoms with E-state index >= 15 is 0 Å². The number of carbonyl (C=O) groups is 2. The summed E-state index contributed by atoms with van der Waals surface area (Å²) in [6.07, 6.45) is 0. The van der Waals surface area contributed by atoms with Gasteiger partial charge in [0.1, 0.15) is 5.82 Å². The lowest BCUT2D eigenvalue weighted by Crippen LogP contribution is -2.28. The molecule has 12 nitrogen and oxygen atoms in total. The molecule has 1 aliphatic rings. The van der Waals surface area contributed by atoms with Gasteiger partial charge in [-0.25, -0.2) is 14.5 Å². The summed E-state index contributed by atoms with van der Waals surface area (Å²) in [7, 11) is 3.33. The summed E-state index contributed by atoms with van der Waals surface area (Å²) in [4.78, 5) is 30.8. The number of aryl methyl sites for hydroxylation is 1. The van der Waals surface area contributed by atoms with Gasteiger partial charge in [0.25, 0.3) is 5.91 Å². The van der Waals surface area contributed by atoms with E-state index in [0.717, 1.165) is 17.2 Å². The van der Waals surface area contributed by atoms with Crippen LogP contribution in [-0.4, -0.2) is 58.0 Å². The average Bonchev–Trinajstić information content (AvgIpc) is 3.12. The molecule has 4 N–H and O–H groups in total. The van der Waals surface area contributed by atoms with Gasteiger partial charge in [-0.3, -0.25) is 10.1 Å². The van der Waals surface area contributed by atoms with Crippen LogP contribution in [-0.2, 0) is 6.54 Å². The molecule has 0 saturated carbocycles. The fraction of sp³-hybridized carbons (Fsp3) is 0.263. The molecule has 0 unspecified atom stereocenters. The zero-order valence-electron chi connectivity index (χ0n) is 20.0. The molecule has 1 aliphatic heterocycles. The smallest absolute Gasteiger partial charge is 0.320 e. The van der Waals surface area contributed by atoms with Crippen LogP contribution in [0.1, 0.15) is 26.2 Å². The third kappa shape index (κ3) is 3.70. The fourth-order valence-electron chi connectivity index (χ4n) is 3.35. The van der Waals surface area contributed by atoms with Crippen LogP contribution in [0, 0.1) is 6.92 Å². The topological polar surface area (TPSA) is 142 Å². The quantitative estimate of drug-likeness (QED) is 0.488. The lowest BCUT2D eigenvalue weighted by atomic mass is 10.1. The molecule has 3 heterocycles. The van der Waals surface area contributed by atoms with Crippen molar-refractivity contribution >= 4 is 34.8 Å². The van der Waals surface area contributed by atoms with Crippen molar-refractivity contribution in [1.29, 1.82) is 0 Å². The molecule has 0 aliphatic carbocycles. The molecule has 2 aromatic heterocycles. The average molecular weight is 425 g/mol. The van der Waals surface area contributed by atoms with Gasteiger partial charge in [0.15, 0.2) is 17.3 Å². The summed E-state index contributed by atoms with van der Waals surface area (Å²) < 4.78 is 23.7. The van der Waals surface area contributed by atoms with Crippen molar-refractivity contribution in [2.24, 2.45) is 0 Å². The van der Waals surface area contributed by atoms with Crippen LogP contribution >= 0.6 is 0 Å². The number of anilines is 4. The van der Waals surface area contributed by atoms with Crippen LogP contribution in [0.4, 0.5) is 27.7 Å². The maximum atomic E-state index is 12.6. The van der Waals surface area contributed by atoms with E-state index in [0.29, 0.717) is 18.1 Å². The summed E-state index contributed by atoms with van der Waals surface area (Å²) >= 11 is 0. The predicted octanol–water partition coefficient (Wildman–Crippen LogP) is 1.17. The Balaban J connectivity index is 1.78. The molecular weight excluding hydrogens is 400 g/mol. The number of para-hydroxylation sites is 1. The lowest BCUT2D eigenvalue weighted by Gasteiger charge is -2.29. The van der Waals surface area contributed by atoms with E-state index in [1.807, 2.05) is 36.3 Å². The summed E-state index contributed by atoms with van der Waals surface area (Å²) in [5.74, 6) is 0.528. The maximum absolute atomic E-state index is 12.6. The Bertz CT molecular complexity index is 1270. The van der Waals surface area contributed by atoms with E-state index < -0.39 is 18.9 Å². The number of benzene rings is 1. The highest BCUT2D eigenvalue weighted by atomic mass is 16.2. The summed E-state index contributed by atoms with van der Waals surface area (Å²) in [5, 5.41) is 22.1. The first-order valence-corrected chi connectivity index (χ1v) is 9.29. The van der Waals surface area contributed by atoms with Gasteiger partial charge in [-0.05, 0) is 19.1 Å². The van der Waals surface area contributed by atoms with Crippen molar-refractivity contribution in [3.05, 3.63) is 41.6 Å². The van der Waals surface area contributed by atoms with E-state index in [1.165, 1.54) is 13.1 Å². The van der Waals surface area contributed by atoms with Crippen LogP contribution in [0.2, 0.25) is 0 Å². The second-order valence-electron chi connectivity index (χ2n) is 6.79. The summed E-state index contributed by atoms with van der Waals surface area (Å²) in [6.45, 7) is -0.411. The molecule has 0 atom stereocenters. The van der Waals surface area contributed by atoms with Crippen LogP contribution in [0.15, 0.2) is 24.3 Å². The second-order valence-corrected chi connectivity index (χ2v) is 6.79. The zero-order chi connectivity index (χ0) is 24.6. The fourth-order valence-corrected chi connectivity index (χ4v) is 3.35. The number of fused-ring (bicyclic) bond motifs is 3. The molecule has 0 spiro atoms. The van der Waals surface area contributed by atoms with Crippen LogP contribution < -0.4 is 26.2 Å². The first-order chi connectivity index (χ1) is 16.1. The first kappa shape index (κ1) is 16.6. The minimum absolute atomic E-state index is 0.0552. The molecule has 0 bridgehead atoms. The molecule has 160 valence electrons. The highest BCUT2D eigenvalue weighted by Crippen LogP contribution is 2.38. The van der Waals surface area contributed by atoms with Gasteiger partial charge in [0, 0.05) is 31.2 Å². The molecule has 4 rings (SSSR count). The van der Waals surface area contributed by atoms with Crippen LogP contribution in [0.25, 0.3) is 5.69 Å². The first-order valence-electron chi connectivity index (χ1n) is 10.8. The third-order valence-corrected chi connectivity index (χ3v) is 4.64. The van der Waals surface area contributed by atoms with Gasteiger partial charge in [-0.2, -0.15) is 5.10 Å². The standard InChI is InChI=1S/C19H22N10O2/c1-10-22-15-9-28(4)17-11(6-5-7-13(17)29(15)27-10)23-12-8-14(24-19(31)21-3)25-26-16(12)18(30)20-2/h5-8H,9H2,1-4H3,(H,20,30)(H3,21,23,24,25,31)/i2D3. The Morgan fingerprint density at radius 1 is 1.19 bits per heavy atom. The normalized spacial score (nSPS) is 13.8.